The van der Waals surface area contributed by atoms with Crippen molar-refractivity contribution in [3.8, 4) is 0 Å². The number of aliphatic hydroxyl groups is 1. The van der Waals surface area contributed by atoms with E-state index in [0.29, 0.717) is 0 Å². The van der Waals surface area contributed by atoms with E-state index < -0.39 is 0 Å². The Morgan fingerprint density at radius 1 is 1.30 bits per heavy atom. The van der Waals surface area contributed by atoms with Crippen LogP contribution in [0.15, 0.2) is 29.0 Å². The predicted octanol–water partition coefficient (Wildman–Crippen LogP) is 2.96. The molecule has 1 N–H and O–H groups in total. The standard InChI is InChI=1S/C16H20N2O2/c19-14-3-1-6-16(14)7-2-9-18(11-16)15-12-5-10-20-13(12)4-8-17-15/h4-5,8,10,14,19H,1-3,6-7,9,11H2/t14-,16-/m1/s1. The molecule has 20 heavy (non-hydrogen) atoms. The van der Waals surface area contributed by atoms with Crippen LogP contribution in [-0.4, -0.2) is 29.3 Å². The van der Waals surface area contributed by atoms with Gasteiger partial charge in [0.05, 0.1) is 17.8 Å². The van der Waals surface area contributed by atoms with Crippen molar-refractivity contribution in [2.75, 3.05) is 18.0 Å². The fraction of sp³-hybridized carbons (Fsp3) is 0.562. The highest BCUT2D eigenvalue weighted by Crippen LogP contribution is 2.46. The summed E-state index contributed by atoms with van der Waals surface area (Å²) >= 11 is 0. The van der Waals surface area contributed by atoms with E-state index in [-0.39, 0.29) is 11.5 Å². The molecule has 106 valence electrons. The average Bonchev–Trinajstić information content (AvgIpc) is 3.07. The summed E-state index contributed by atoms with van der Waals surface area (Å²) in [5.41, 5.74) is 0.979. The molecule has 0 unspecified atom stereocenters. The molecule has 2 atom stereocenters. The van der Waals surface area contributed by atoms with Gasteiger partial charge in [-0.15, -0.1) is 0 Å². The molecule has 1 aliphatic heterocycles. The van der Waals surface area contributed by atoms with Gasteiger partial charge in [0.2, 0.25) is 0 Å². The first-order valence-corrected chi connectivity index (χ1v) is 7.54. The summed E-state index contributed by atoms with van der Waals surface area (Å²) < 4.78 is 5.47. The zero-order valence-electron chi connectivity index (χ0n) is 11.6. The first-order chi connectivity index (χ1) is 9.78. The zero-order valence-corrected chi connectivity index (χ0v) is 11.6. The van der Waals surface area contributed by atoms with Crippen LogP contribution in [0.25, 0.3) is 11.0 Å². The van der Waals surface area contributed by atoms with Gasteiger partial charge in [0, 0.05) is 24.7 Å². The molecule has 1 aliphatic carbocycles. The van der Waals surface area contributed by atoms with Crippen molar-refractivity contribution in [1.82, 2.24) is 4.98 Å². The molecule has 3 heterocycles. The van der Waals surface area contributed by atoms with E-state index in [1.54, 1.807) is 6.26 Å². The molecule has 2 aromatic rings. The number of furan rings is 1. The number of aromatic nitrogens is 1. The Hall–Kier alpha value is -1.55. The molecule has 0 bridgehead atoms. The van der Waals surface area contributed by atoms with Gasteiger partial charge in [0.15, 0.2) is 0 Å². The molecular formula is C16H20N2O2. The highest BCUT2D eigenvalue weighted by atomic mass is 16.3. The Morgan fingerprint density at radius 2 is 2.20 bits per heavy atom. The van der Waals surface area contributed by atoms with Crippen molar-refractivity contribution in [3.05, 3.63) is 24.6 Å². The van der Waals surface area contributed by atoms with E-state index in [2.05, 4.69) is 9.88 Å². The Balaban J connectivity index is 1.70. The van der Waals surface area contributed by atoms with E-state index >= 15 is 0 Å². The van der Waals surface area contributed by atoms with Crippen LogP contribution < -0.4 is 4.90 Å². The molecule has 1 saturated heterocycles. The normalized spacial score (nSPS) is 30.4. The lowest BCUT2D eigenvalue weighted by molar-refractivity contribution is 0.0408. The van der Waals surface area contributed by atoms with Crippen LogP contribution in [0.3, 0.4) is 0 Å². The third-order valence-electron chi connectivity index (χ3n) is 5.13. The third-order valence-corrected chi connectivity index (χ3v) is 5.13. The van der Waals surface area contributed by atoms with Crippen LogP contribution >= 0.6 is 0 Å². The van der Waals surface area contributed by atoms with E-state index in [4.69, 9.17) is 4.42 Å². The zero-order chi connectivity index (χ0) is 13.6. The van der Waals surface area contributed by atoms with Crippen molar-refractivity contribution < 1.29 is 9.52 Å². The van der Waals surface area contributed by atoms with Gasteiger partial charge in [-0.1, -0.05) is 6.42 Å². The summed E-state index contributed by atoms with van der Waals surface area (Å²) in [4.78, 5) is 6.91. The van der Waals surface area contributed by atoms with Gasteiger partial charge in [-0.3, -0.25) is 0 Å². The van der Waals surface area contributed by atoms with Crippen molar-refractivity contribution in [1.29, 1.82) is 0 Å². The summed E-state index contributed by atoms with van der Waals surface area (Å²) in [6, 6.07) is 3.90. The van der Waals surface area contributed by atoms with Gasteiger partial charge in [0.1, 0.15) is 11.4 Å². The van der Waals surface area contributed by atoms with Crippen LogP contribution in [0.1, 0.15) is 32.1 Å². The third kappa shape index (κ3) is 1.74. The fourth-order valence-corrected chi connectivity index (χ4v) is 4.07. The first-order valence-electron chi connectivity index (χ1n) is 7.54. The Labute approximate surface area is 118 Å². The summed E-state index contributed by atoms with van der Waals surface area (Å²) in [5.74, 6) is 1.01. The van der Waals surface area contributed by atoms with Crippen molar-refractivity contribution in [3.63, 3.8) is 0 Å². The molecular weight excluding hydrogens is 252 g/mol. The summed E-state index contributed by atoms with van der Waals surface area (Å²) in [6.45, 7) is 1.94. The lowest BCUT2D eigenvalue weighted by Crippen LogP contribution is -2.47. The van der Waals surface area contributed by atoms with Gasteiger partial charge in [0.25, 0.3) is 0 Å². The molecule has 0 radical (unpaired) electrons. The SMILES string of the molecule is O[C@@H]1CCC[C@]12CCCN(c1nccc3occc13)C2. The van der Waals surface area contributed by atoms with Crippen molar-refractivity contribution >= 4 is 16.8 Å². The maximum absolute atomic E-state index is 10.4. The second-order valence-corrected chi connectivity index (χ2v) is 6.26. The lowest BCUT2D eigenvalue weighted by atomic mass is 9.76. The van der Waals surface area contributed by atoms with E-state index in [1.807, 2.05) is 18.3 Å². The van der Waals surface area contributed by atoms with Gasteiger partial charge >= 0.3 is 0 Å². The van der Waals surface area contributed by atoms with Crippen LogP contribution in [0, 0.1) is 5.41 Å². The number of fused-ring (bicyclic) bond motifs is 1. The van der Waals surface area contributed by atoms with Gasteiger partial charge in [-0.05, 0) is 37.8 Å². The molecule has 4 rings (SSSR count). The molecule has 4 nitrogen and oxygen atoms in total. The highest BCUT2D eigenvalue weighted by Gasteiger charge is 2.45. The van der Waals surface area contributed by atoms with Crippen LogP contribution in [0.2, 0.25) is 0 Å². The molecule has 2 fully saturated rings. The van der Waals surface area contributed by atoms with E-state index in [9.17, 15) is 5.11 Å². The Bertz CT molecular complexity index is 624. The maximum atomic E-state index is 10.4. The number of piperidine rings is 1. The molecule has 4 heteroatoms. The molecule has 2 aliphatic rings. The summed E-state index contributed by atoms with van der Waals surface area (Å²) in [7, 11) is 0. The van der Waals surface area contributed by atoms with E-state index in [0.717, 1.165) is 62.0 Å². The fourth-order valence-electron chi connectivity index (χ4n) is 4.07. The minimum absolute atomic E-state index is 0.0891. The predicted molar refractivity (Wildman–Crippen MR) is 77.7 cm³/mol. The van der Waals surface area contributed by atoms with Crippen LogP contribution in [0.5, 0.6) is 0 Å². The summed E-state index contributed by atoms with van der Waals surface area (Å²) in [5, 5.41) is 11.5. The Morgan fingerprint density at radius 3 is 3.05 bits per heavy atom. The van der Waals surface area contributed by atoms with Crippen molar-refractivity contribution in [2.45, 2.75) is 38.2 Å². The maximum Gasteiger partial charge on any atom is 0.139 e. The highest BCUT2D eigenvalue weighted by molar-refractivity contribution is 5.88. The van der Waals surface area contributed by atoms with Crippen molar-refractivity contribution in [2.24, 2.45) is 5.41 Å². The second-order valence-electron chi connectivity index (χ2n) is 6.26. The number of rotatable bonds is 1. The lowest BCUT2D eigenvalue weighted by Gasteiger charge is -2.43. The average molecular weight is 272 g/mol. The topological polar surface area (TPSA) is 49.5 Å². The second kappa shape index (κ2) is 4.48. The largest absolute Gasteiger partial charge is 0.464 e. The van der Waals surface area contributed by atoms with Gasteiger partial charge in [-0.2, -0.15) is 0 Å². The number of hydrogen-bond acceptors (Lipinski definition) is 4. The van der Waals surface area contributed by atoms with Crippen LogP contribution in [-0.2, 0) is 0 Å². The van der Waals surface area contributed by atoms with Crippen LogP contribution in [0.4, 0.5) is 5.82 Å². The Kier molecular flexibility index (Phi) is 2.74. The number of anilines is 1. The minimum Gasteiger partial charge on any atom is -0.464 e. The molecule has 0 aromatic carbocycles. The molecule has 1 spiro atoms. The minimum atomic E-state index is -0.145. The van der Waals surface area contributed by atoms with E-state index in [1.165, 1.54) is 0 Å². The van der Waals surface area contributed by atoms with Gasteiger partial charge < -0.3 is 14.4 Å². The first kappa shape index (κ1) is 12.2. The number of pyridine rings is 1. The summed E-state index contributed by atoms with van der Waals surface area (Å²) in [6.07, 6.45) is 8.92. The number of aliphatic hydroxyl groups excluding tert-OH is 1. The quantitative estimate of drug-likeness (QED) is 0.867. The molecule has 0 amide bonds. The van der Waals surface area contributed by atoms with Gasteiger partial charge in [-0.25, -0.2) is 4.98 Å². The molecule has 2 aromatic heterocycles. The monoisotopic (exact) mass is 272 g/mol. The smallest absolute Gasteiger partial charge is 0.139 e. The number of nitrogens with zero attached hydrogens (tertiary/aromatic N) is 2. The molecule has 1 saturated carbocycles. The number of hydrogen-bond donors (Lipinski definition) is 1.